The predicted molar refractivity (Wildman–Crippen MR) is 109 cm³/mol. The van der Waals surface area contributed by atoms with Crippen molar-refractivity contribution in [1.29, 1.82) is 0 Å². The van der Waals surface area contributed by atoms with Crippen molar-refractivity contribution >= 4 is 23.5 Å². The fraction of sp³-hybridized carbons (Fsp3) is 0.333. The van der Waals surface area contributed by atoms with Crippen LogP contribution in [0.1, 0.15) is 38.8 Å². The molecule has 0 radical (unpaired) electrons. The number of ether oxygens (including phenoxy) is 2. The Labute approximate surface area is 164 Å². The van der Waals surface area contributed by atoms with Crippen LogP contribution < -0.4 is 14.8 Å². The highest BCUT2D eigenvalue weighted by atomic mass is 32.2. The number of carbonyl (C=O) groups excluding carboxylic acids is 2. The van der Waals surface area contributed by atoms with E-state index in [4.69, 9.17) is 9.47 Å². The average molecular weight is 388 g/mol. The van der Waals surface area contributed by atoms with Crippen LogP contribution in [0.4, 0.5) is 0 Å². The second kappa shape index (κ2) is 10.0. The Morgan fingerprint density at radius 3 is 2.22 bits per heavy atom. The normalized spacial score (nSPS) is 10.4. The number of rotatable bonds is 9. The molecule has 2 aromatic carbocycles. The van der Waals surface area contributed by atoms with Crippen LogP contribution >= 0.6 is 11.8 Å². The molecule has 27 heavy (non-hydrogen) atoms. The first kappa shape index (κ1) is 20.8. The summed E-state index contributed by atoms with van der Waals surface area (Å²) < 4.78 is 10.6. The van der Waals surface area contributed by atoms with Crippen LogP contribution in [0.25, 0.3) is 0 Å². The third kappa shape index (κ3) is 5.50. The number of hydrogen-bond donors (Lipinski definition) is 1. The summed E-state index contributed by atoms with van der Waals surface area (Å²) in [4.78, 5) is 24.3. The SMILES string of the molecule is COc1cc(CCNC(=O)c2ccc(CSC)cc2)c(C(C)=O)cc1OC. The van der Waals surface area contributed by atoms with Crippen LogP contribution in [0.3, 0.4) is 0 Å². The van der Waals surface area contributed by atoms with Crippen molar-refractivity contribution in [3.05, 3.63) is 58.7 Å². The zero-order valence-electron chi connectivity index (χ0n) is 16.1. The molecule has 1 amide bonds. The highest BCUT2D eigenvalue weighted by molar-refractivity contribution is 7.97. The maximum Gasteiger partial charge on any atom is 0.251 e. The van der Waals surface area contributed by atoms with Crippen LogP contribution in [0.5, 0.6) is 11.5 Å². The van der Waals surface area contributed by atoms with Gasteiger partial charge in [-0.05, 0) is 55.0 Å². The van der Waals surface area contributed by atoms with Crippen molar-refractivity contribution in [1.82, 2.24) is 5.32 Å². The van der Waals surface area contributed by atoms with Crippen LogP contribution in [0, 0.1) is 0 Å². The Hall–Kier alpha value is -2.47. The summed E-state index contributed by atoms with van der Waals surface area (Å²) in [5.41, 5.74) is 3.20. The van der Waals surface area contributed by atoms with Crippen molar-refractivity contribution in [2.24, 2.45) is 0 Å². The molecule has 0 bridgehead atoms. The Morgan fingerprint density at radius 1 is 1.04 bits per heavy atom. The van der Waals surface area contributed by atoms with E-state index in [9.17, 15) is 9.59 Å². The molecule has 0 aromatic heterocycles. The molecule has 0 saturated carbocycles. The van der Waals surface area contributed by atoms with Gasteiger partial charge in [0.05, 0.1) is 14.2 Å². The lowest BCUT2D eigenvalue weighted by molar-refractivity contribution is 0.0953. The minimum Gasteiger partial charge on any atom is -0.493 e. The number of methoxy groups -OCH3 is 2. The van der Waals surface area contributed by atoms with Crippen LogP contribution in [-0.2, 0) is 12.2 Å². The summed E-state index contributed by atoms with van der Waals surface area (Å²) in [5.74, 6) is 1.82. The summed E-state index contributed by atoms with van der Waals surface area (Å²) in [7, 11) is 3.09. The van der Waals surface area contributed by atoms with E-state index >= 15 is 0 Å². The molecule has 0 unspecified atom stereocenters. The third-order valence-electron chi connectivity index (χ3n) is 4.20. The van der Waals surface area contributed by atoms with Crippen molar-refractivity contribution in [3.8, 4) is 11.5 Å². The van der Waals surface area contributed by atoms with Gasteiger partial charge in [0.2, 0.25) is 0 Å². The Balaban J connectivity index is 2.05. The Bertz CT molecular complexity index is 803. The van der Waals surface area contributed by atoms with E-state index in [1.807, 2.05) is 30.5 Å². The van der Waals surface area contributed by atoms with Crippen LogP contribution in [-0.4, -0.2) is 38.7 Å². The molecule has 0 saturated heterocycles. The summed E-state index contributed by atoms with van der Waals surface area (Å²) in [6.45, 7) is 1.93. The topological polar surface area (TPSA) is 64.6 Å². The average Bonchev–Trinajstić information content (AvgIpc) is 2.68. The molecule has 1 N–H and O–H groups in total. The van der Waals surface area contributed by atoms with Gasteiger partial charge < -0.3 is 14.8 Å². The van der Waals surface area contributed by atoms with Crippen molar-refractivity contribution in [2.45, 2.75) is 19.1 Å². The Morgan fingerprint density at radius 2 is 1.67 bits per heavy atom. The molecule has 0 aliphatic carbocycles. The van der Waals surface area contributed by atoms with E-state index in [2.05, 4.69) is 5.32 Å². The number of thioether (sulfide) groups is 1. The largest absolute Gasteiger partial charge is 0.493 e. The van der Waals surface area contributed by atoms with Gasteiger partial charge >= 0.3 is 0 Å². The molecular weight excluding hydrogens is 362 g/mol. The van der Waals surface area contributed by atoms with Gasteiger partial charge in [0.25, 0.3) is 5.91 Å². The third-order valence-corrected chi connectivity index (χ3v) is 4.82. The van der Waals surface area contributed by atoms with Gasteiger partial charge in [0, 0.05) is 23.4 Å². The predicted octanol–water partition coefficient (Wildman–Crippen LogP) is 3.74. The zero-order chi connectivity index (χ0) is 19.8. The number of nitrogens with one attached hydrogen (secondary N) is 1. The molecule has 2 aromatic rings. The first-order chi connectivity index (χ1) is 13.0. The van der Waals surface area contributed by atoms with Crippen molar-refractivity contribution in [2.75, 3.05) is 27.0 Å². The molecule has 0 fully saturated rings. The fourth-order valence-electron chi connectivity index (χ4n) is 2.79. The van der Waals surface area contributed by atoms with Crippen LogP contribution in [0.15, 0.2) is 36.4 Å². The standard InChI is InChI=1S/C21H25NO4S/c1-14(23)18-12-20(26-3)19(25-2)11-17(18)9-10-22-21(24)16-7-5-15(6-8-16)13-27-4/h5-8,11-12H,9-10,13H2,1-4H3,(H,22,24). The van der Waals surface area contributed by atoms with E-state index in [-0.39, 0.29) is 11.7 Å². The molecule has 2 rings (SSSR count). The van der Waals surface area contributed by atoms with Gasteiger partial charge in [-0.25, -0.2) is 0 Å². The minimum atomic E-state index is -0.129. The van der Waals surface area contributed by atoms with Gasteiger partial charge in [-0.3, -0.25) is 9.59 Å². The summed E-state index contributed by atoms with van der Waals surface area (Å²) in [6.07, 6.45) is 2.57. The van der Waals surface area contributed by atoms with Crippen molar-refractivity contribution < 1.29 is 19.1 Å². The molecule has 144 valence electrons. The van der Waals surface area contributed by atoms with Gasteiger partial charge in [-0.1, -0.05) is 12.1 Å². The van der Waals surface area contributed by atoms with E-state index in [1.54, 1.807) is 31.0 Å². The van der Waals surface area contributed by atoms with Crippen molar-refractivity contribution in [3.63, 3.8) is 0 Å². The smallest absolute Gasteiger partial charge is 0.251 e. The lowest BCUT2D eigenvalue weighted by atomic mass is 10.0. The van der Waals surface area contributed by atoms with E-state index in [0.29, 0.717) is 35.6 Å². The summed E-state index contributed by atoms with van der Waals surface area (Å²) in [5, 5.41) is 2.90. The first-order valence-electron chi connectivity index (χ1n) is 8.62. The highest BCUT2D eigenvalue weighted by Crippen LogP contribution is 2.31. The number of carbonyl (C=O) groups is 2. The summed E-state index contributed by atoms with van der Waals surface area (Å²) in [6, 6.07) is 11.1. The van der Waals surface area contributed by atoms with E-state index < -0.39 is 0 Å². The molecule has 6 heteroatoms. The molecule has 0 atom stereocenters. The second-order valence-electron chi connectivity index (χ2n) is 6.06. The van der Waals surface area contributed by atoms with E-state index in [1.165, 1.54) is 19.6 Å². The highest BCUT2D eigenvalue weighted by Gasteiger charge is 2.14. The van der Waals surface area contributed by atoms with Gasteiger partial charge in [-0.15, -0.1) is 0 Å². The maximum absolute atomic E-state index is 12.3. The fourth-order valence-corrected chi connectivity index (χ4v) is 3.31. The van der Waals surface area contributed by atoms with Gasteiger partial charge in [0.15, 0.2) is 17.3 Å². The van der Waals surface area contributed by atoms with Gasteiger partial charge in [-0.2, -0.15) is 11.8 Å². The quantitative estimate of drug-likeness (QED) is 0.664. The number of hydrogen-bond acceptors (Lipinski definition) is 5. The Kier molecular flexibility index (Phi) is 7.73. The maximum atomic E-state index is 12.3. The number of ketones is 1. The second-order valence-corrected chi connectivity index (χ2v) is 6.92. The molecule has 0 spiro atoms. The minimum absolute atomic E-state index is 0.0540. The molecule has 0 aliphatic heterocycles. The molecule has 5 nitrogen and oxygen atoms in total. The lowest BCUT2D eigenvalue weighted by Crippen LogP contribution is -2.26. The van der Waals surface area contributed by atoms with Gasteiger partial charge in [0.1, 0.15) is 0 Å². The molecule has 0 heterocycles. The molecular formula is C21H25NO4S. The zero-order valence-corrected chi connectivity index (χ0v) is 16.9. The molecule has 0 aliphatic rings. The number of Topliss-reactive ketones (excluding diaryl/α,β-unsaturated/α-hetero) is 1. The monoisotopic (exact) mass is 387 g/mol. The number of amides is 1. The van der Waals surface area contributed by atoms with E-state index in [0.717, 1.165) is 11.3 Å². The van der Waals surface area contributed by atoms with Crippen LogP contribution in [0.2, 0.25) is 0 Å². The summed E-state index contributed by atoms with van der Waals surface area (Å²) >= 11 is 1.74. The number of benzene rings is 2. The first-order valence-corrected chi connectivity index (χ1v) is 10.0. The lowest BCUT2D eigenvalue weighted by Gasteiger charge is -2.14.